The van der Waals surface area contributed by atoms with Gasteiger partial charge in [-0.05, 0) is 56.7 Å². The van der Waals surface area contributed by atoms with Crippen molar-refractivity contribution in [3.8, 4) is 0 Å². The minimum atomic E-state index is -1.17. The van der Waals surface area contributed by atoms with Gasteiger partial charge >= 0.3 is 0 Å². The number of nitrogens with one attached hydrogen (secondary N) is 1. The van der Waals surface area contributed by atoms with Crippen LogP contribution in [0.25, 0.3) is 0 Å². The van der Waals surface area contributed by atoms with Crippen LogP contribution in [0, 0.1) is 18.2 Å². The summed E-state index contributed by atoms with van der Waals surface area (Å²) in [6.07, 6.45) is 0. The van der Waals surface area contributed by atoms with Crippen LogP contribution in [0.15, 0.2) is 48.5 Å². The Morgan fingerprint density at radius 3 is 2.18 bits per heavy atom. The number of carbonyl (C=O) groups excluding carboxylic acids is 2. The van der Waals surface area contributed by atoms with Crippen molar-refractivity contribution < 1.29 is 14.0 Å². The van der Waals surface area contributed by atoms with Gasteiger partial charge in [-0.25, -0.2) is 4.39 Å². The number of rotatable bonds is 4. The summed E-state index contributed by atoms with van der Waals surface area (Å²) in [5.41, 5.74) is 1.44. The second kappa shape index (κ2) is 8.00. The van der Waals surface area contributed by atoms with Gasteiger partial charge in [-0.2, -0.15) is 0 Å². The first-order valence-corrected chi connectivity index (χ1v) is 9.46. The van der Waals surface area contributed by atoms with Crippen LogP contribution >= 0.6 is 0 Å². The molecule has 0 saturated carbocycles. The van der Waals surface area contributed by atoms with Crippen molar-refractivity contribution in [1.29, 1.82) is 0 Å². The number of carbonyl (C=O) groups is 2. The third-order valence-electron chi connectivity index (χ3n) is 5.25. The number of piperazine rings is 1. The second-order valence-corrected chi connectivity index (χ2v) is 7.65. The van der Waals surface area contributed by atoms with Crippen LogP contribution in [0.1, 0.15) is 19.4 Å². The van der Waals surface area contributed by atoms with E-state index in [9.17, 15) is 14.0 Å². The normalized spacial score (nSPS) is 14.7. The molecule has 0 aliphatic carbocycles. The molecule has 0 bridgehead atoms. The van der Waals surface area contributed by atoms with E-state index in [1.807, 2.05) is 31.2 Å². The van der Waals surface area contributed by atoms with E-state index < -0.39 is 5.41 Å². The maximum Gasteiger partial charge on any atom is 0.239 e. The van der Waals surface area contributed by atoms with E-state index in [1.54, 1.807) is 30.9 Å². The molecule has 1 aliphatic heterocycles. The molecule has 1 N–H and O–H groups in total. The van der Waals surface area contributed by atoms with Crippen molar-refractivity contribution in [1.82, 2.24) is 4.90 Å². The van der Waals surface area contributed by atoms with Gasteiger partial charge in [0.1, 0.15) is 11.2 Å². The molecule has 0 spiro atoms. The fraction of sp³-hybridized carbons (Fsp3) is 0.364. The minimum Gasteiger partial charge on any atom is -0.368 e. The summed E-state index contributed by atoms with van der Waals surface area (Å²) in [5, 5.41) is 2.88. The molecular formula is C22H26FN3O2. The zero-order valence-electron chi connectivity index (χ0n) is 16.5. The molecule has 0 atom stereocenters. The van der Waals surface area contributed by atoms with Gasteiger partial charge in [0.25, 0.3) is 0 Å². The van der Waals surface area contributed by atoms with Crippen LogP contribution in [0.2, 0.25) is 0 Å². The lowest BCUT2D eigenvalue weighted by Crippen LogP contribution is -2.54. The van der Waals surface area contributed by atoms with Crippen molar-refractivity contribution in [3.05, 3.63) is 59.9 Å². The van der Waals surface area contributed by atoms with Gasteiger partial charge in [-0.15, -0.1) is 0 Å². The number of aryl methyl sites for hydroxylation is 1. The molecular weight excluding hydrogens is 357 g/mol. The molecule has 0 unspecified atom stereocenters. The molecule has 2 amide bonds. The topological polar surface area (TPSA) is 52.7 Å². The molecule has 1 aliphatic rings. The Labute approximate surface area is 165 Å². The SMILES string of the molecule is Cc1ccccc1NC(=O)C(C)(C)C(=O)N1CCN(c2ccc(F)cc2)CC1. The Morgan fingerprint density at radius 2 is 1.57 bits per heavy atom. The fourth-order valence-electron chi connectivity index (χ4n) is 3.30. The lowest BCUT2D eigenvalue weighted by Gasteiger charge is -2.39. The van der Waals surface area contributed by atoms with Gasteiger partial charge < -0.3 is 15.1 Å². The van der Waals surface area contributed by atoms with Gasteiger partial charge in [0.15, 0.2) is 0 Å². The van der Waals surface area contributed by atoms with E-state index in [0.717, 1.165) is 16.9 Å². The Kier molecular flexibility index (Phi) is 5.68. The first-order chi connectivity index (χ1) is 13.3. The van der Waals surface area contributed by atoms with Crippen LogP contribution in [0.5, 0.6) is 0 Å². The molecule has 3 rings (SSSR count). The van der Waals surface area contributed by atoms with Gasteiger partial charge in [0.2, 0.25) is 11.8 Å². The molecule has 2 aromatic rings. The van der Waals surface area contributed by atoms with E-state index in [4.69, 9.17) is 0 Å². The van der Waals surface area contributed by atoms with E-state index in [-0.39, 0.29) is 17.6 Å². The third kappa shape index (κ3) is 4.16. The molecule has 148 valence electrons. The number of hydrogen-bond donors (Lipinski definition) is 1. The van der Waals surface area contributed by atoms with Crippen LogP contribution in [-0.4, -0.2) is 42.9 Å². The predicted octanol–water partition coefficient (Wildman–Crippen LogP) is 3.45. The minimum absolute atomic E-state index is 0.183. The number of hydrogen-bond acceptors (Lipinski definition) is 3. The average Bonchev–Trinajstić information content (AvgIpc) is 2.70. The first kappa shape index (κ1) is 19.9. The zero-order chi connectivity index (χ0) is 20.3. The molecule has 1 heterocycles. The summed E-state index contributed by atoms with van der Waals surface area (Å²) in [4.78, 5) is 29.7. The highest BCUT2D eigenvalue weighted by Crippen LogP contribution is 2.25. The Balaban J connectivity index is 1.62. The molecule has 6 heteroatoms. The van der Waals surface area contributed by atoms with E-state index in [0.29, 0.717) is 26.2 Å². The Bertz CT molecular complexity index is 856. The summed E-state index contributed by atoms with van der Waals surface area (Å²) in [5.74, 6) is -0.760. The van der Waals surface area contributed by atoms with Gasteiger partial charge in [-0.3, -0.25) is 9.59 Å². The van der Waals surface area contributed by atoms with Crippen molar-refractivity contribution in [2.24, 2.45) is 5.41 Å². The number of halogens is 1. The number of nitrogens with zero attached hydrogens (tertiary/aromatic N) is 2. The molecule has 0 radical (unpaired) electrons. The number of amides is 2. The van der Waals surface area contributed by atoms with E-state index >= 15 is 0 Å². The standard InChI is InChI=1S/C22H26FN3O2/c1-16-6-4-5-7-19(16)24-20(27)22(2,3)21(28)26-14-12-25(13-15-26)18-10-8-17(23)9-11-18/h4-11H,12-15H2,1-3H3,(H,24,27). The number of benzene rings is 2. The zero-order valence-corrected chi connectivity index (χ0v) is 16.5. The van der Waals surface area contributed by atoms with Crippen molar-refractivity contribution in [3.63, 3.8) is 0 Å². The molecule has 1 saturated heterocycles. The molecule has 28 heavy (non-hydrogen) atoms. The highest BCUT2D eigenvalue weighted by Gasteiger charge is 2.40. The average molecular weight is 383 g/mol. The fourth-order valence-corrected chi connectivity index (χ4v) is 3.30. The summed E-state index contributed by atoms with van der Waals surface area (Å²) in [6, 6.07) is 13.9. The quantitative estimate of drug-likeness (QED) is 0.823. The Morgan fingerprint density at radius 1 is 0.964 bits per heavy atom. The summed E-state index contributed by atoms with van der Waals surface area (Å²) >= 11 is 0. The largest absolute Gasteiger partial charge is 0.368 e. The van der Waals surface area contributed by atoms with Crippen molar-refractivity contribution >= 4 is 23.2 Å². The van der Waals surface area contributed by atoms with Crippen molar-refractivity contribution in [2.45, 2.75) is 20.8 Å². The highest BCUT2D eigenvalue weighted by molar-refractivity contribution is 6.10. The van der Waals surface area contributed by atoms with E-state index in [1.165, 1.54) is 12.1 Å². The van der Waals surface area contributed by atoms with Gasteiger partial charge in [0.05, 0.1) is 0 Å². The van der Waals surface area contributed by atoms with Crippen LogP contribution in [-0.2, 0) is 9.59 Å². The summed E-state index contributed by atoms with van der Waals surface area (Å²) in [6.45, 7) is 7.58. The highest BCUT2D eigenvalue weighted by atomic mass is 19.1. The van der Waals surface area contributed by atoms with Gasteiger partial charge in [0, 0.05) is 37.6 Å². The van der Waals surface area contributed by atoms with Crippen LogP contribution in [0.3, 0.4) is 0 Å². The lowest BCUT2D eigenvalue weighted by molar-refractivity contribution is -0.146. The first-order valence-electron chi connectivity index (χ1n) is 9.46. The third-order valence-corrected chi connectivity index (χ3v) is 5.25. The number of para-hydroxylation sites is 1. The Hall–Kier alpha value is -2.89. The second-order valence-electron chi connectivity index (χ2n) is 7.65. The van der Waals surface area contributed by atoms with Crippen LogP contribution < -0.4 is 10.2 Å². The van der Waals surface area contributed by atoms with Crippen molar-refractivity contribution in [2.75, 3.05) is 36.4 Å². The number of anilines is 2. The lowest BCUT2D eigenvalue weighted by atomic mass is 9.89. The summed E-state index contributed by atoms with van der Waals surface area (Å²) < 4.78 is 13.1. The maximum atomic E-state index is 13.1. The predicted molar refractivity (Wildman–Crippen MR) is 109 cm³/mol. The van der Waals surface area contributed by atoms with E-state index in [2.05, 4.69) is 10.2 Å². The molecule has 1 fully saturated rings. The monoisotopic (exact) mass is 383 g/mol. The smallest absolute Gasteiger partial charge is 0.239 e. The molecule has 2 aromatic carbocycles. The molecule has 0 aromatic heterocycles. The van der Waals surface area contributed by atoms with Gasteiger partial charge in [-0.1, -0.05) is 18.2 Å². The van der Waals surface area contributed by atoms with Crippen LogP contribution in [0.4, 0.5) is 15.8 Å². The summed E-state index contributed by atoms with van der Waals surface area (Å²) in [7, 11) is 0. The molecule has 5 nitrogen and oxygen atoms in total. The maximum absolute atomic E-state index is 13.1.